The number of hydrogen-bond donors (Lipinski definition) is 1. The number of nitrogens with one attached hydrogen (secondary N) is 1. The van der Waals surface area contributed by atoms with Gasteiger partial charge in [0.15, 0.2) is 11.9 Å². The van der Waals surface area contributed by atoms with E-state index in [1.165, 1.54) is 6.92 Å². The van der Waals surface area contributed by atoms with E-state index in [9.17, 15) is 14.4 Å². The van der Waals surface area contributed by atoms with Crippen LogP contribution in [-0.2, 0) is 14.3 Å². The minimum Gasteiger partial charge on any atom is -0.453 e. The normalized spacial score (nSPS) is 11.4. The molecule has 5 nitrogen and oxygen atoms in total. The third-order valence-corrected chi connectivity index (χ3v) is 5.20. The molecule has 0 bridgehead atoms. The second kappa shape index (κ2) is 10.7. The van der Waals surface area contributed by atoms with Crippen molar-refractivity contribution >= 4 is 39.3 Å². The van der Waals surface area contributed by atoms with E-state index in [1.807, 2.05) is 48.5 Å². The molecule has 0 radical (unpaired) electrons. The van der Waals surface area contributed by atoms with Crippen molar-refractivity contribution in [1.29, 1.82) is 0 Å². The minimum absolute atomic E-state index is 0.0195. The molecule has 0 aliphatic heterocycles. The predicted molar refractivity (Wildman–Crippen MR) is 124 cm³/mol. The van der Waals surface area contributed by atoms with Gasteiger partial charge in [0, 0.05) is 27.7 Å². The molecule has 3 aromatic rings. The van der Waals surface area contributed by atoms with Gasteiger partial charge in [-0.3, -0.25) is 14.4 Å². The number of halogens is 1. The van der Waals surface area contributed by atoms with Gasteiger partial charge in [0.1, 0.15) is 0 Å². The zero-order valence-electron chi connectivity index (χ0n) is 17.0. The first-order valence-electron chi connectivity index (χ1n) is 9.87. The Morgan fingerprint density at radius 3 is 2.23 bits per heavy atom. The molecule has 0 saturated heterocycles. The lowest BCUT2D eigenvalue weighted by Gasteiger charge is -2.16. The van der Waals surface area contributed by atoms with Gasteiger partial charge < -0.3 is 10.1 Å². The molecule has 1 amide bonds. The molecule has 1 N–H and O–H groups in total. The van der Waals surface area contributed by atoms with E-state index in [-0.39, 0.29) is 18.6 Å². The number of para-hydroxylation sites is 1. The quantitative estimate of drug-likeness (QED) is 0.334. The summed E-state index contributed by atoms with van der Waals surface area (Å²) in [7, 11) is 0. The van der Waals surface area contributed by atoms with E-state index in [0.717, 1.165) is 15.6 Å². The molecule has 3 aromatic carbocycles. The van der Waals surface area contributed by atoms with Crippen LogP contribution in [0.5, 0.6) is 0 Å². The van der Waals surface area contributed by atoms with Gasteiger partial charge in [-0.1, -0.05) is 76.6 Å². The van der Waals surface area contributed by atoms with Crippen molar-refractivity contribution in [2.75, 3.05) is 5.32 Å². The maximum Gasteiger partial charge on any atom is 0.307 e. The Morgan fingerprint density at radius 1 is 0.871 bits per heavy atom. The summed E-state index contributed by atoms with van der Waals surface area (Å²) in [6.45, 7) is 1.51. The smallest absolute Gasteiger partial charge is 0.307 e. The van der Waals surface area contributed by atoms with E-state index >= 15 is 0 Å². The highest BCUT2D eigenvalue weighted by Gasteiger charge is 2.20. The van der Waals surface area contributed by atoms with Gasteiger partial charge in [0.2, 0.25) is 0 Å². The average Bonchev–Trinajstić information content (AvgIpc) is 2.79. The summed E-state index contributed by atoms with van der Waals surface area (Å²) in [5, 5.41) is 2.82. The van der Waals surface area contributed by atoms with Crippen LogP contribution in [0.15, 0.2) is 83.3 Å². The van der Waals surface area contributed by atoms with Crippen molar-refractivity contribution in [3.05, 3.63) is 88.9 Å². The number of carbonyl (C=O) groups is 3. The van der Waals surface area contributed by atoms with Crippen LogP contribution >= 0.6 is 15.9 Å². The number of rotatable bonds is 8. The average molecular weight is 480 g/mol. The lowest BCUT2D eigenvalue weighted by Crippen LogP contribution is -2.30. The Kier molecular flexibility index (Phi) is 7.73. The monoisotopic (exact) mass is 479 g/mol. The molecular weight excluding hydrogens is 458 g/mol. The van der Waals surface area contributed by atoms with Crippen LogP contribution in [0.3, 0.4) is 0 Å². The molecule has 0 fully saturated rings. The fourth-order valence-corrected chi connectivity index (χ4v) is 3.27. The SMILES string of the molecule is CC(OC(=O)CCC(=O)c1ccc(Br)cc1)C(=O)Nc1ccccc1-c1ccccc1. The highest BCUT2D eigenvalue weighted by molar-refractivity contribution is 9.10. The molecule has 31 heavy (non-hydrogen) atoms. The molecule has 3 rings (SSSR count). The summed E-state index contributed by atoms with van der Waals surface area (Å²) >= 11 is 3.32. The summed E-state index contributed by atoms with van der Waals surface area (Å²) in [6, 6.07) is 24.0. The standard InChI is InChI=1S/C25H22BrNO4/c1-17(31-24(29)16-15-23(28)19-11-13-20(26)14-12-19)25(30)27-22-10-6-5-9-21(22)18-7-3-2-4-8-18/h2-14,17H,15-16H2,1H3,(H,27,30). The van der Waals surface area contributed by atoms with Crippen LogP contribution < -0.4 is 5.32 Å². The van der Waals surface area contributed by atoms with Crippen molar-refractivity contribution in [2.45, 2.75) is 25.9 Å². The molecule has 0 spiro atoms. The fourth-order valence-electron chi connectivity index (χ4n) is 3.00. The molecule has 0 aromatic heterocycles. The Bertz CT molecular complexity index is 1060. The molecule has 0 saturated carbocycles. The zero-order chi connectivity index (χ0) is 22.2. The van der Waals surface area contributed by atoms with Gasteiger partial charge in [0.25, 0.3) is 5.91 Å². The Morgan fingerprint density at radius 2 is 1.52 bits per heavy atom. The third kappa shape index (κ3) is 6.36. The number of carbonyl (C=O) groups excluding carboxylic acids is 3. The molecule has 1 atom stereocenters. The summed E-state index contributed by atoms with van der Waals surface area (Å²) in [6.07, 6.45) is -1.06. The number of anilines is 1. The number of hydrogen-bond acceptors (Lipinski definition) is 4. The number of Topliss-reactive ketones (excluding diaryl/α,β-unsaturated/α-hetero) is 1. The lowest BCUT2D eigenvalue weighted by molar-refractivity contribution is -0.153. The molecule has 6 heteroatoms. The van der Waals surface area contributed by atoms with Crippen LogP contribution in [0, 0.1) is 0 Å². The van der Waals surface area contributed by atoms with E-state index in [4.69, 9.17) is 4.74 Å². The van der Waals surface area contributed by atoms with Gasteiger partial charge in [-0.2, -0.15) is 0 Å². The Balaban J connectivity index is 1.54. The zero-order valence-corrected chi connectivity index (χ0v) is 18.6. The van der Waals surface area contributed by atoms with Crippen LogP contribution in [0.1, 0.15) is 30.1 Å². The second-order valence-electron chi connectivity index (χ2n) is 6.96. The largest absolute Gasteiger partial charge is 0.453 e. The van der Waals surface area contributed by atoms with E-state index in [0.29, 0.717) is 11.3 Å². The van der Waals surface area contributed by atoms with Crippen LogP contribution in [0.25, 0.3) is 11.1 Å². The maximum atomic E-state index is 12.6. The van der Waals surface area contributed by atoms with Crippen molar-refractivity contribution in [1.82, 2.24) is 0 Å². The highest BCUT2D eigenvalue weighted by Crippen LogP contribution is 2.27. The molecule has 1 unspecified atom stereocenters. The summed E-state index contributed by atoms with van der Waals surface area (Å²) in [5.74, 6) is -1.18. The molecule has 0 heterocycles. The van der Waals surface area contributed by atoms with Gasteiger partial charge in [-0.15, -0.1) is 0 Å². The maximum absolute atomic E-state index is 12.6. The fraction of sp³-hybridized carbons (Fsp3) is 0.160. The third-order valence-electron chi connectivity index (χ3n) is 4.67. The first kappa shape index (κ1) is 22.4. The van der Waals surface area contributed by atoms with Crippen molar-refractivity contribution in [3.63, 3.8) is 0 Å². The van der Waals surface area contributed by atoms with E-state index in [2.05, 4.69) is 21.2 Å². The predicted octanol–water partition coefficient (Wildman–Crippen LogP) is 5.65. The molecule has 0 aliphatic rings. The van der Waals surface area contributed by atoms with E-state index in [1.54, 1.807) is 30.3 Å². The van der Waals surface area contributed by atoms with Crippen LogP contribution in [0.2, 0.25) is 0 Å². The van der Waals surface area contributed by atoms with Crippen molar-refractivity contribution < 1.29 is 19.1 Å². The van der Waals surface area contributed by atoms with Crippen molar-refractivity contribution in [2.24, 2.45) is 0 Å². The summed E-state index contributed by atoms with van der Waals surface area (Å²) in [5.41, 5.74) is 3.00. The van der Waals surface area contributed by atoms with Crippen molar-refractivity contribution in [3.8, 4) is 11.1 Å². The Hall–Kier alpha value is -3.25. The number of amides is 1. The van der Waals surface area contributed by atoms with Crippen LogP contribution in [-0.4, -0.2) is 23.8 Å². The summed E-state index contributed by atoms with van der Waals surface area (Å²) in [4.78, 5) is 36.9. The van der Waals surface area contributed by atoms with Crippen LogP contribution in [0.4, 0.5) is 5.69 Å². The molecular formula is C25H22BrNO4. The van der Waals surface area contributed by atoms with Gasteiger partial charge >= 0.3 is 5.97 Å². The number of benzene rings is 3. The topological polar surface area (TPSA) is 72.5 Å². The first-order valence-corrected chi connectivity index (χ1v) is 10.7. The van der Waals surface area contributed by atoms with Gasteiger partial charge in [0.05, 0.1) is 6.42 Å². The van der Waals surface area contributed by atoms with Gasteiger partial charge in [-0.05, 0) is 30.7 Å². The van der Waals surface area contributed by atoms with E-state index < -0.39 is 18.0 Å². The molecule has 158 valence electrons. The molecule has 0 aliphatic carbocycles. The Labute approximate surface area is 189 Å². The lowest BCUT2D eigenvalue weighted by atomic mass is 10.0. The first-order chi connectivity index (χ1) is 14.9. The second-order valence-corrected chi connectivity index (χ2v) is 7.88. The minimum atomic E-state index is -0.987. The number of ketones is 1. The number of ether oxygens (including phenoxy) is 1. The number of esters is 1. The van der Waals surface area contributed by atoms with Gasteiger partial charge in [-0.25, -0.2) is 0 Å². The summed E-state index contributed by atoms with van der Waals surface area (Å²) < 4.78 is 6.10. The highest BCUT2D eigenvalue weighted by atomic mass is 79.9.